The van der Waals surface area contributed by atoms with E-state index in [-0.39, 0.29) is 5.82 Å². The van der Waals surface area contributed by atoms with Crippen molar-refractivity contribution in [1.29, 1.82) is 0 Å². The Labute approximate surface area is 105 Å². The first kappa shape index (κ1) is 12.4. The van der Waals surface area contributed by atoms with Crippen molar-refractivity contribution < 1.29 is 4.39 Å². The average molecular weight is 246 g/mol. The summed E-state index contributed by atoms with van der Waals surface area (Å²) >= 11 is 0. The highest BCUT2D eigenvalue weighted by Crippen LogP contribution is 2.12. The number of benzene rings is 1. The zero-order valence-electron chi connectivity index (χ0n) is 10.2. The van der Waals surface area contributed by atoms with Gasteiger partial charge in [-0.3, -0.25) is 4.98 Å². The zero-order chi connectivity index (χ0) is 13.0. The lowest BCUT2D eigenvalue weighted by Crippen LogP contribution is -2.19. The van der Waals surface area contributed by atoms with Gasteiger partial charge in [0.05, 0.1) is 11.9 Å². The minimum absolute atomic E-state index is 0.234. The van der Waals surface area contributed by atoms with E-state index in [1.807, 2.05) is 18.0 Å². The van der Waals surface area contributed by atoms with Gasteiger partial charge < -0.3 is 10.6 Å². The summed E-state index contributed by atoms with van der Waals surface area (Å²) in [5.41, 5.74) is 7.14. The summed E-state index contributed by atoms with van der Waals surface area (Å²) in [4.78, 5) is 10.3. The monoisotopic (exact) mass is 246 g/mol. The van der Waals surface area contributed by atoms with Crippen molar-refractivity contribution in [2.75, 3.05) is 11.9 Å². The van der Waals surface area contributed by atoms with Gasteiger partial charge in [0, 0.05) is 26.3 Å². The molecular weight excluding hydrogens is 231 g/mol. The van der Waals surface area contributed by atoms with E-state index in [2.05, 4.69) is 9.97 Å². The molecule has 2 aromatic rings. The smallest absolute Gasteiger partial charge is 0.147 e. The zero-order valence-corrected chi connectivity index (χ0v) is 10.2. The number of nitrogens with zero attached hydrogens (tertiary/aromatic N) is 3. The molecule has 0 bridgehead atoms. The van der Waals surface area contributed by atoms with Crippen molar-refractivity contribution in [3.8, 4) is 0 Å². The quantitative estimate of drug-likeness (QED) is 0.892. The van der Waals surface area contributed by atoms with Crippen LogP contribution in [0.15, 0.2) is 36.7 Å². The summed E-state index contributed by atoms with van der Waals surface area (Å²) in [6.07, 6.45) is 3.30. The van der Waals surface area contributed by atoms with Gasteiger partial charge in [-0.2, -0.15) is 0 Å². The van der Waals surface area contributed by atoms with Crippen molar-refractivity contribution in [3.05, 3.63) is 53.7 Å². The Morgan fingerprint density at radius 2 is 2.17 bits per heavy atom. The lowest BCUT2D eigenvalue weighted by Gasteiger charge is -2.18. The van der Waals surface area contributed by atoms with Crippen molar-refractivity contribution in [1.82, 2.24) is 9.97 Å². The molecule has 94 valence electrons. The van der Waals surface area contributed by atoms with Gasteiger partial charge in [-0.1, -0.05) is 12.1 Å². The molecule has 1 heterocycles. The van der Waals surface area contributed by atoms with E-state index in [0.717, 1.165) is 17.1 Å². The molecule has 2 N–H and O–H groups in total. The van der Waals surface area contributed by atoms with Crippen LogP contribution in [-0.2, 0) is 13.1 Å². The molecule has 0 unspecified atom stereocenters. The SMILES string of the molecule is CN(Cc1cccc(F)c1)c1cncc(CN)n1. The Bertz CT molecular complexity index is 530. The molecule has 0 atom stereocenters. The molecule has 0 saturated heterocycles. The van der Waals surface area contributed by atoms with Gasteiger partial charge in [-0.25, -0.2) is 9.37 Å². The van der Waals surface area contributed by atoms with E-state index in [1.165, 1.54) is 12.1 Å². The maximum absolute atomic E-state index is 13.1. The Morgan fingerprint density at radius 1 is 1.33 bits per heavy atom. The van der Waals surface area contributed by atoms with Gasteiger partial charge in [0.15, 0.2) is 0 Å². The number of nitrogens with two attached hydrogens (primary N) is 1. The minimum Gasteiger partial charge on any atom is -0.354 e. The second kappa shape index (κ2) is 5.55. The number of hydrogen-bond donors (Lipinski definition) is 1. The number of halogens is 1. The highest BCUT2D eigenvalue weighted by atomic mass is 19.1. The van der Waals surface area contributed by atoms with Crippen LogP contribution in [0.3, 0.4) is 0 Å². The van der Waals surface area contributed by atoms with Crippen LogP contribution in [0.5, 0.6) is 0 Å². The molecule has 2 rings (SSSR count). The van der Waals surface area contributed by atoms with E-state index >= 15 is 0 Å². The van der Waals surface area contributed by atoms with E-state index in [9.17, 15) is 4.39 Å². The third kappa shape index (κ3) is 3.01. The topological polar surface area (TPSA) is 55.0 Å². The number of anilines is 1. The fourth-order valence-electron chi connectivity index (χ4n) is 1.67. The fourth-order valence-corrected chi connectivity index (χ4v) is 1.67. The summed E-state index contributed by atoms with van der Waals surface area (Å²) < 4.78 is 13.1. The molecule has 0 fully saturated rings. The maximum Gasteiger partial charge on any atom is 0.147 e. The van der Waals surface area contributed by atoms with Crippen LogP contribution in [0.4, 0.5) is 10.2 Å². The molecule has 18 heavy (non-hydrogen) atoms. The molecular formula is C13H15FN4. The number of aromatic nitrogens is 2. The standard InChI is InChI=1S/C13H15FN4/c1-18(9-10-3-2-4-11(14)5-10)13-8-16-7-12(6-15)17-13/h2-5,7-8H,6,9,15H2,1H3. The van der Waals surface area contributed by atoms with Gasteiger partial charge in [-0.15, -0.1) is 0 Å². The summed E-state index contributed by atoms with van der Waals surface area (Å²) in [5, 5.41) is 0. The van der Waals surface area contributed by atoms with Crippen LogP contribution in [-0.4, -0.2) is 17.0 Å². The Hall–Kier alpha value is -2.01. The third-order valence-electron chi connectivity index (χ3n) is 2.58. The molecule has 0 aliphatic rings. The van der Waals surface area contributed by atoms with Crippen molar-refractivity contribution in [3.63, 3.8) is 0 Å². The molecule has 5 heteroatoms. The molecule has 0 radical (unpaired) electrons. The van der Waals surface area contributed by atoms with Gasteiger partial charge in [0.2, 0.25) is 0 Å². The van der Waals surface area contributed by atoms with Crippen molar-refractivity contribution in [2.45, 2.75) is 13.1 Å². The first-order valence-corrected chi connectivity index (χ1v) is 5.65. The molecule has 0 saturated carbocycles. The van der Waals surface area contributed by atoms with Gasteiger partial charge >= 0.3 is 0 Å². The highest BCUT2D eigenvalue weighted by molar-refractivity contribution is 5.36. The Morgan fingerprint density at radius 3 is 2.89 bits per heavy atom. The summed E-state index contributed by atoms with van der Waals surface area (Å²) in [6.45, 7) is 0.926. The van der Waals surface area contributed by atoms with Gasteiger partial charge in [0.25, 0.3) is 0 Å². The third-order valence-corrected chi connectivity index (χ3v) is 2.58. The Kier molecular flexibility index (Phi) is 3.84. The largest absolute Gasteiger partial charge is 0.354 e. The summed E-state index contributed by atoms with van der Waals surface area (Å²) in [6, 6.07) is 6.51. The predicted molar refractivity (Wildman–Crippen MR) is 68.4 cm³/mol. The van der Waals surface area contributed by atoms with E-state index in [0.29, 0.717) is 13.1 Å². The second-order valence-corrected chi connectivity index (χ2v) is 4.06. The van der Waals surface area contributed by atoms with Crippen LogP contribution in [0, 0.1) is 5.82 Å². The normalized spacial score (nSPS) is 10.4. The molecule has 1 aromatic carbocycles. The molecule has 0 amide bonds. The van der Waals surface area contributed by atoms with Crippen LogP contribution in [0.25, 0.3) is 0 Å². The van der Waals surface area contributed by atoms with Crippen molar-refractivity contribution in [2.24, 2.45) is 5.73 Å². The van der Waals surface area contributed by atoms with Crippen LogP contribution >= 0.6 is 0 Å². The molecule has 0 spiro atoms. The van der Waals surface area contributed by atoms with Crippen molar-refractivity contribution >= 4 is 5.82 Å². The fraction of sp³-hybridized carbons (Fsp3) is 0.231. The predicted octanol–water partition coefficient (Wildman–Crippen LogP) is 1.71. The van der Waals surface area contributed by atoms with E-state index in [4.69, 9.17) is 5.73 Å². The summed E-state index contributed by atoms with van der Waals surface area (Å²) in [7, 11) is 1.88. The van der Waals surface area contributed by atoms with Gasteiger partial charge in [-0.05, 0) is 17.7 Å². The molecule has 1 aromatic heterocycles. The van der Waals surface area contributed by atoms with E-state index in [1.54, 1.807) is 18.5 Å². The van der Waals surface area contributed by atoms with E-state index < -0.39 is 0 Å². The highest BCUT2D eigenvalue weighted by Gasteiger charge is 2.05. The van der Waals surface area contributed by atoms with Crippen LogP contribution < -0.4 is 10.6 Å². The maximum atomic E-state index is 13.1. The van der Waals surface area contributed by atoms with Gasteiger partial charge in [0.1, 0.15) is 11.6 Å². The molecule has 4 nitrogen and oxygen atoms in total. The average Bonchev–Trinajstić information content (AvgIpc) is 2.39. The van der Waals surface area contributed by atoms with Crippen LogP contribution in [0.1, 0.15) is 11.3 Å². The molecule has 0 aliphatic carbocycles. The minimum atomic E-state index is -0.234. The molecule has 0 aliphatic heterocycles. The van der Waals surface area contributed by atoms with Crippen LogP contribution in [0.2, 0.25) is 0 Å². The number of rotatable bonds is 4. The number of hydrogen-bond acceptors (Lipinski definition) is 4. The first-order valence-electron chi connectivity index (χ1n) is 5.65. The first-order chi connectivity index (χ1) is 8.69. The Balaban J connectivity index is 2.13. The lowest BCUT2D eigenvalue weighted by atomic mass is 10.2. The lowest BCUT2D eigenvalue weighted by molar-refractivity contribution is 0.625. The summed E-state index contributed by atoms with van der Waals surface area (Å²) in [5.74, 6) is 0.491. The second-order valence-electron chi connectivity index (χ2n) is 4.06.